The highest BCUT2D eigenvalue weighted by Gasteiger charge is 2.22. The predicted octanol–water partition coefficient (Wildman–Crippen LogP) is 3.90. The number of aryl methyl sites for hydroxylation is 2. The van der Waals surface area contributed by atoms with E-state index in [-0.39, 0.29) is 5.56 Å². The van der Waals surface area contributed by atoms with Crippen LogP contribution in [0.5, 0.6) is 5.75 Å². The third kappa shape index (κ3) is 2.90. The minimum absolute atomic E-state index is 0.0436. The average molecular weight is 291 g/mol. The summed E-state index contributed by atoms with van der Waals surface area (Å²) in [7, 11) is 3.28. The van der Waals surface area contributed by atoms with E-state index >= 15 is 0 Å². The molecule has 1 unspecified atom stereocenters. The van der Waals surface area contributed by atoms with Gasteiger partial charge in [-0.15, -0.1) is 0 Å². The molecule has 1 N–H and O–H groups in total. The van der Waals surface area contributed by atoms with Crippen LogP contribution in [0.1, 0.15) is 28.3 Å². The first-order valence-corrected chi connectivity index (χ1v) is 6.76. The molecular formula is C17H19F2NO. The second-order valence-corrected chi connectivity index (χ2v) is 5.04. The van der Waals surface area contributed by atoms with Crippen LogP contribution < -0.4 is 10.1 Å². The van der Waals surface area contributed by atoms with Crippen molar-refractivity contribution >= 4 is 0 Å². The molecule has 2 nitrogen and oxygen atoms in total. The van der Waals surface area contributed by atoms with Crippen LogP contribution >= 0.6 is 0 Å². The molecule has 0 saturated carbocycles. The van der Waals surface area contributed by atoms with Crippen molar-refractivity contribution in [2.24, 2.45) is 0 Å². The van der Waals surface area contributed by atoms with Crippen LogP contribution in [0.2, 0.25) is 0 Å². The first kappa shape index (κ1) is 15.4. The third-order valence-electron chi connectivity index (χ3n) is 3.65. The van der Waals surface area contributed by atoms with Crippen molar-refractivity contribution < 1.29 is 13.5 Å². The van der Waals surface area contributed by atoms with E-state index in [1.165, 1.54) is 12.1 Å². The molecule has 0 fully saturated rings. The average Bonchev–Trinajstić information content (AvgIpc) is 2.47. The van der Waals surface area contributed by atoms with Crippen molar-refractivity contribution in [3.8, 4) is 5.75 Å². The lowest BCUT2D eigenvalue weighted by molar-refractivity contribution is 0.411. The van der Waals surface area contributed by atoms with Gasteiger partial charge < -0.3 is 10.1 Å². The maximum atomic E-state index is 14.3. The van der Waals surface area contributed by atoms with Gasteiger partial charge in [0.05, 0.1) is 13.2 Å². The molecule has 0 heterocycles. The van der Waals surface area contributed by atoms with E-state index in [0.717, 1.165) is 16.9 Å². The number of benzene rings is 2. The van der Waals surface area contributed by atoms with Gasteiger partial charge in [-0.05, 0) is 49.7 Å². The van der Waals surface area contributed by atoms with Gasteiger partial charge in [-0.25, -0.2) is 8.78 Å². The van der Waals surface area contributed by atoms with Gasteiger partial charge in [-0.3, -0.25) is 0 Å². The van der Waals surface area contributed by atoms with Crippen molar-refractivity contribution in [3.63, 3.8) is 0 Å². The molecule has 0 spiro atoms. The molecule has 21 heavy (non-hydrogen) atoms. The zero-order valence-electron chi connectivity index (χ0n) is 12.6. The highest BCUT2D eigenvalue weighted by Crippen LogP contribution is 2.30. The Morgan fingerprint density at radius 2 is 1.76 bits per heavy atom. The van der Waals surface area contributed by atoms with Crippen molar-refractivity contribution in [2.75, 3.05) is 14.2 Å². The molecule has 0 aliphatic heterocycles. The van der Waals surface area contributed by atoms with Crippen molar-refractivity contribution in [3.05, 3.63) is 64.2 Å². The second-order valence-electron chi connectivity index (χ2n) is 5.04. The fraction of sp³-hybridized carbons (Fsp3) is 0.294. The lowest BCUT2D eigenvalue weighted by atomic mass is 9.95. The van der Waals surface area contributed by atoms with Crippen LogP contribution in [0.3, 0.4) is 0 Å². The van der Waals surface area contributed by atoms with E-state index in [9.17, 15) is 8.78 Å². The molecule has 0 aromatic heterocycles. The fourth-order valence-electron chi connectivity index (χ4n) is 2.50. The largest absolute Gasteiger partial charge is 0.496 e. The Labute approximate surface area is 123 Å². The molecule has 0 bridgehead atoms. The molecule has 2 aromatic rings. The molecule has 0 saturated heterocycles. The molecule has 0 aliphatic carbocycles. The summed E-state index contributed by atoms with van der Waals surface area (Å²) in [4.78, 5) is 0. The standard InChI is InChI=1S/C17H19F2NO/c1-10-5-7-13(18)15(16(10)19)17(20-3)12-6-8-14(21-4)11(2)9-12/h5-9,17,20H,1-4H3. The highest BCUT2D eigenvalue weighted by molar-refractivity contribution is 5.42. The van der Waals surface area contributed by atoms with Gasteiger partial charge in [0.25, 0.3) is 0 Å². The van der Waals surface area contributed by atoms with Crippen molar-refractivity contribution in [2.45, 2.75) is 19.9 Å². The van der Waals surface area contributed by atoms with Gasteiger partial charge in [0.15, 0.2) is 0 Å². The molecular weight excluding hydrogens is 272 g/mol. The number of hydrogen-bond acceptors (Lipinski definition) is 2. The zero-order chi connectivity index (χ0) is 15.6. The molecule has 0 aliphatic rings. The van der Waals surface area contributed by atoms with Gasteiger partial charge in [0.1, 0.15) is 17.4 Å². The minimum atomic E-state index is -0.550. The topological polar surface area (TPSA) is 21.3 Å². The molecule has 0 amide bonds. The normalized spacial score (nSPS) is 12.3. The number of nitrogens with one attached hydrogen (secondary N) is 1. The van der Waals surface area contributed by atoms with Crippen LogP contribution in [-0.2, 0) is 0 Å². The molecule has 4 heteroatoms. The Balaban J connectivity index is 2.55. The lowest BCUT2D eigenvalue weighted by Gasteiger charge is -2.20. The van der Waals surface area contributed by atoms with Gasteiger partial charge >= 0.3 is 0 Å². The summed E-state index contributed by atoms with van der Waals surface area (Å²) < 4.78 is 33.6. The zero-order valence-corrected chi connectivity index (χ0v) is 12.6. The first-order valence-electron chi connectivity index (χ1n) is 6.76. The Kier molecular flexibility index (Phi) is 4.58. The minimum Gasteiger partial charge on any atom is -0.496 e. The Hall–Kier alpha value is -1.94. The number of methoxy groups -OCH3 is 1. The second kappa shape index (κ2) is 6.22. The molecule has 2 aromatic carbocycles. The molecule has 112 valence electrons. The summed E-state index contributed by atoms with van der Waals surface area (Å²) in [5.41, 5.74) is 2.18. The highest BCUT2D eigenvalue weighted by atomic mass is 19.1. The Morgan fingerprint density at radius 3 is 2.33 bits per heavy atom. The van der Waals surface area contributed by atoms with Gasteiger partial charge in [0, 0.05) is 5.56 Å². The lowest BCUT2D eigenvalue weighted by Crippen LogP contribution is -2.21. The predicted molar refractivity (Wildman–Crippen MR) is 79.7 cm³/mol. The van der Waals surface area contributed by atoms with Gasteiger partial charge in [-0.1, -0.05) is 18.2 Å². The van der Waals surface area contributed by atoms with Crippen LogP contribution in [0, 0.1) is 25.5 Å². The number of hydrogen-bond donors (Lipinski definition) is 1. The maximum Gasteiger partial charge on any atom is 0.134 e. The van der Waals surface area contributed by atoms with Crippen molar-refractivity contribution in [1.29, 1.82) is 0 Å². The van der Waals surface area contributed by atoms with Crippen LogP contribution in [0.25, 0.3) is 0 Å². The summed E-state index contributed by atoms with van der Waals surface area (Å²) in [5, 5.41) is 2.99. The number of ether oxygens (including phenoxy) is 1. The van der Waals surface area contributed by atoms with E-state index in [1.54, 1.807) is 27.1 Å². The van der Waals surface area contributed by atoms with E-state index < -0.39 is 17.7 Å². The molecule has 0 radical (unpaired) electrons. The van der Waals surface area contributed by atoms with Crippen LogP contribution in [0.15, 0.2) is 30.3 Å². The number of halogens is 2. The smallest absolute Gasteiger partial charge is 0.134 e. The Bertz CT molecular complexity index is 655. The third-order valence-corrected chi connectivity index (χ3v) is 3.65. The van der Waals surface area contributed by atoms with Crippen LogP contribution in [-0.4, -0.2) is 14.2 Å². The summed E-state index contributed by atoms with van der Waals surface area (Å²) in [6, 6.07) is 7.69. The van der Waals surface area contributed by atoms with Crippen LogP contribution in [0.4, 0.5) is 8.78 Å². The monoisotopic (exact) mass is 291 g/mol. The summed E-state index contributed by atoms with van der Waals surface area (Å²) in [6.45, 7) is 3.53. The summed E-state index contributed by atoms with van der Waals surface area (Å²) in [6.07, 6.45) is 0. The quantitative estimate of drug-likeness (QED) is 0.922. The van der Waals surface area contributed by atoms with E-state index in [2.05, 4.69) is 5.32 Å². The maximum absolute atomic E-state index is 14.3. The fourth-order valence-corrected chi connectivity index (χ4v) is 2.50. The van der Waals surface area contributed by atoms with E-state index in [4.69, 9.17) is 4.74 Å². The van der Waals surface area contributed by atoms with Crippen molar-refractivity contribution in [1.82, 2.24) is 5.32 Å². The van der Waals surface area contributed by atoms with E-state index in [0.29, 0.717) is 5.56 Å². The van der Waals surface area contributed by atoms with E-state index in [1.807, 2.05) is 19.1 Å². The number of rotatable bonds is 4. The van der Waals surface area contributed by atoms with Gasteiger partial charge in [-0.2, -0.15) is 0 Å². The Morgan fingerprint density at radius 1 is 1.05 bits per heavy atom. The molecule has 1 atom stereocenters. The summed E-state index contributed by atoms with van der Waals surface area (Å²) in [5.74, 6) is -0.312. The molecule has 2 rings (SSSR count). The summed E-state index contributed by atoms with van der Waals surface area (Å²) >= 11 is 0. The first-order chi connectivity index (χ1) is 9.99. The van der Waals surface area contributed by atoms with Gasteiger partial charge in [0.2, 0.25) is 0 Å². The SMILES string of the molecule is CNC(c1ccc(OC)c(C)c1)c1c(F)ccc(C)c1F.